The van der Waals surface area contributed by atoms with E-state index in [0.29, 0.717) is 0 Å². The van der Waals surface area contributed by atoms with Crippen LogP contribution in [-0.2, 0) is 21.7 Å². The molecular formula is C56H51NOS. The number of furan rings is 1. The molecule has 0 radical (unpaired) electrons. The quantitative estimate of drug-likeness (QED) is 0.177. The maximum Gasteiger partial charge on any atom is 0.139 e. The van der Waals surface area contributed by atoms with E-state index >= 15 is 0 Å². The van der Waals surface area contributed by atoms with Crippen LogP contribution in [0.1, 0.15) is 103 Å². The molecule has 0 fully saturated rings. The lowest BCUT2D eigenvalue weighted by Crippen LogP contribution is -2.17. The number of benzene rings is 7. The zero-order valence-corrected chi connectivity index (χ0v) is 36.7. The SMILES string of the molecule is CC(C)(C)c1cc(C(C)(C)C)c2oc3cc4c(cc3c2c1)C(C)(C)c1cccc(N(c2ccc3c(c2)C(C)(C)c2ccccc2-3)c2ccc3c(c2)sc2ccccc23)c1-4. The molecule has 0 aliphatic heterocycles. The molecule has 2 aromatic heterocycles. The Morgan fingerprint density at radius 2 is 1.15 bits per heavy atom. The molecule has 0 saturated heterocycles. The van der Waals surface area contributed by atoms with Gasteiger partial charge in [-0.05, 0) is 110 Å². The van der Waals surface area contributed by atoms with Crippen LogP contribution in [0.15, 0.2) is 132 Å². The van der Waals surface area contributed by atoms with Gasteiger partial charge in [-0.25, -0.2) is 0 Å². The highest BCUT2D eigenvalue weighted by molar-refractivity contribution is 7.25. The normalized spacial score (nSPS) is 15.2. The third kappa shape index (κ3) is 5.16. The summed E-state index contributed by atoms with van der Waals surface area (Å²) in [5.41, 5.74) is 18.3. The molecule has 0 atom stereocenters. The van der Waals surface area contributed by atoms with E-state index in [4.69, 9.17) is 4.42 Å². The Hall–Kier alpha value is -5.64. The average Bonchev–Trinajstić information content (AvgIpc) is 3.88. The highest BCUT2D eigenvalue weighted by atomic mass is 32.1. The molecule has 7 aromatic carbocycles. The van der Waals surface area contributed by atoms with Crippen LogP contribution in [0, 0.1) is 0 Å². The number of rotatable bonds is 3. The van der Waals surface area contributed by atoms with Gasteiger partial charge in [0, 0.05) is 64.3 Å². The monoisotopic (exact) mass is 785 g/mol. The lowest BCUT2D eigenvalue weighted by atomic mass is 9.79. The van der Waals surface area contributed by atoms with Gasteiger partial charge in [0.2, 0.25) is 0 Å². The zero-order chi connectivity index (χ0) is 41.0. The lowest BCUT2D eigenvalue weighted by molar-refractivity contribution is 0.559. The third-order valence-corrected chi connectivity index (χ3v) is 14.9. The maximum absolute atomic E-state index is 7.02. The second kappa shape index (κ2) is 12.0. The Morgan fingerprint density at radius 3 is 1.95 bits per heavy atom. The number of thiophene rings is 1. The molecule has 2 aliphatic carbocycles. The van der Waals surface area contributed by atoms with Crippen molar-refractivity contribution in [2.24, 2.45) is 0 Å². The fraction of sp³-hybridized carbons (Fsp3) is 0.250. The summed E-state index contributed by atoms with van der Waals surface area (Å²) in [4.78, 5) is 2.53. The molecule has 0 unspecified atom stereocenters. The summed E-state index contributed by atoms with van der Waals surface area (Å²) in [5, 5.41) is 5.04. The van der Waals surface area contributed by atoms with Crippen molar-refractivity contribution in [2.45, 2.75) is 90.9 Å². The first kappa shape index (κ1) is 36.4. The van der Waals surface area contributed by atoms with Crippen molar-refractivity contribution in [3.05, 3.63) is 161 Å². The molecular weight excluding hydrogens is 735 g/mol. The first-order valence-electron chi connectivity index (χ1n) is 21.2. The molecule has 0 saturated carbocycles. The molecule has 0 amide bonds. The number of hydrogen-bond acceptors (Lipinski definition) is 3. The summed E-state index contributed by atoms with van der Waals surface area (Å²) in [6.45, 7) is 23.4. The van der Waals surface area contributed by atoms with Gasteiger partial charge < -0.3 is 9.32 Å². The highest BCUT2D eigenvalue weighted by Gasteiger charge is 2.40. The van der Waals surface area contributed by atoms with Gasteiger partial charge in [-0.15, -0.1) is 11.3 Å². The standard InChI is InChI=1S/C56H51NOS/c1-53(2,3)32-26-40-39-30-45-41(31-48(39)58-52(40)46(27-32)54(4,5)6)51-43(56(45,9)10)19-15-20-47(51)57(34-23-25-38-37-17-12-14-21-49(37)59-50(38)29-34)33-22-24-36-35-16-11-13-18-42(35)55(7,8)44(36)28-33/h11-31H,1-10H3. The topological polar surface area (TPSA) is 16.4 Å². The van der Waals surface area contributed by atoms with E-state index < -0.39 is 0 Å². The fourth-order valence-corrected chi connectivity index (χ4v) is 11.6. The van der Waals surface area contributed by atoms with E-state index in [1.54, 1.807) is 0 Å². The van der Waals surface area contributed by atoms with E-state index in [0.717, 1.165) is 16.9 Å². The summed E-state index contributed by atoms with van der Waals surface area (Å²) < 4.78 is 9.64. The molecule has 0 N–H and O–H groups in total. The molecule has 2 heterocycles. The molecule has 11 rings (SSSR count). The van der Waals surface area contributed by atoms with Gasteiger partial charge in [0.1, 0.15) is 11.2 Å². The van der Waals surface area contributed by atoms with Gasteiger partial charge in [-0.3, -0.25) is 0 Å². The first-order valence-corrected chi connectivity index (χ1v) is 22.0. The summed E-state index contributed by atoms with van der Waals surface area (Å²) in [5.74, 6) is 0. The van der Waals surface area contributed by atoms with Gasteiger partial charge in [-0.2, -0.15) is 0 Å². The van der Waals surface area contributed by atoms with Crippen LogP contribution >= 0.6 is 11.3 Å². The first-order chi connectivity index (χ1) is 28.0. The average molecular weight is 786 g/mol. The van der Waals surface area contributed by atoms with E-state index in [1.165, 1.54) is 98.0 Å². The minimum absolute atomic E-state index is 0.0107. The van der Waals surface area contributed by atoms with Crippen molar-refractivity contribution in [2.75, 3.05) is 4.90 Å². The molecule has 3 heteroatoms. The van der Waals surface area contributed by atoms with Crippen LogP contribution in [0.5, 0.6) is 0 Å². The van der Waals surface area contributed by atoms with Gasteiger partial charge in [-0.1, -0.05) is 142 Å². The largest absolute Gasteiger partial charge is 0.456 e. The highest BCUT2D eigenvalue weighted by Crippen LogP contribution is 2.57. The van der Waals surface area contributed by atoms with E-state index in [9.17, 15) is 0 Å². The Kier molecular flexibility index (Phi) is 7.40. The van der Waals surface area contributed by atoms with Crippen molar-refractivity contribution in [1.29, 1.82) is 0 Å². The van der Waals surface area contributed by atoms with Crippen LogP contribution in [0.3, 0.4) is 0 Å². The van der Waals surface area contributed by atoms with Crippen molar-refractivity contribution >= 4 is 70.5 Å². The summed E-state index contributed by atoms with van der Waals surface area (Å²) in [6.07, 6.45) is 0. The summed E-state index contributed by atoms with van der Waals surface area (Å²) in [6, 6.07) is 48.5. The Bertz CT molecular complexity index is 3240. The van der Waals surface area contributed by atoms with Gasteiger partial charge in [0.25, 0.3) is 0 Å². The molecule has 2 aliphatic rings. The fourth-order valence-electron chi connectivity index (χ4n) is 10.4. The second-order valence-corrected chi connectivity index (χ2v) is 21.3. The second-order valence-electron chi connectivity index (χ2n) is 20.2. The number of nitrogens with zero attached hydrogens (tertiary/aromatic N) is 1. The van der Waals surface area contributed by atoms with Crippen molar-refractivity contribution in [3.8, 4) is 22.3 Å². The van der Waals surface area contributed by atoms with Crippen LogP contribution in [0.4, 0.5) is 17.1 Å². The van der Waals surface area contributed by atoms with Crippen molar-refractivity contribution in [1.82, 2.24) is 0 Å². The van der Waals surface area contributed by atoms with E-state index in [-0.39, 0.29) is 21.7 Å². The van der Waals surface area contributed by atoms with E-state index in [1.807, 2.05) is 11.3 Å². The van der Waals surface area contributed by atoms with E-state index in [2.05, 4.69) is 202 Å². The van der Waals surface area contributed by atoms with Crippen LogP contribution < -0.4 is 4.90 Å². The van der Waals surface area contributed by atoms with Crippen LogP contribution in [0.2, 0.25) is 0 Å². The Morgan fingerprint density at radius 1 is 0.492 bits per heavy atom. The van der Waals surface area contributed by atoms with Crippen molar-refractivity contribution in [3.63, 3.8) is 0 Å². The summed E-state index contributed by atoms with van der Waals surface area (Å²) >= 11 is 1.88. The maximum atomic E-state index is 7.02. The van der Waals surface area contributed by atoms with Crippen molar-refractivity contribution < 1.29 is 4.42 Å². The summed E-state index contributed by atoms with van der Waals surface area (Å²) in [7, 11) is 0. The molecule has 0 spiro atoms. The lowest BCUT2D eigenvalue weighted by Gasteiger charge is -2.30. The Labute approximate surface area is 352 Å². The Balaban J connectivity index is 1.17. The molecule has 0 bridgehead atoms. The van der Waals surface area contributed by atoms with Crippen LogP contribution in [-0.4, -0.2) is 0 Å². The molecule has 2 nitrogen and oxygen atoms in total. The molecule has 292 valence electrons. The number of anilines is 3. The minimum Gasteiger partial charge on any atom is -0.456 e. The van der Waals surface area contributed by atoms with Gasteiger partial charge in [0.05, 0.1) is 5.69 Å². The number of fused-ring (bicyclic) bond motifs is 12. The molecule has 9 aromatic rings. The van der Waals surface area contributed by atoms with Gasteiger partial charge >= 0.3 is 0 Å². The molecule has 59 heavy (non-hydrogen) atoms. The smallest absolute Gasteiger partial charge is 0.139 e. The number of hydrogen-bond donors (Lipinski definition) is 0. The van der Waals surface area contributed by atoms with Crippen LogP contribution in [0.25, 0.3) is 64.4 Å². The zero-order valence-electron chi connectivity index (χ0n) is 35.9. The minimum atomic E-state index is -0.227. The predicted octanol–water partition coefficient (Wildman–Crippen LogP) is 16.6. The van der Waals surface area contributed by atoms with Gasteiger partial charge in [0.15, 0.2) is 0 Å². The third-order valence-electron chi connectivity index (χ3n) is 13.7. The predicted molar refractivity (Wildman–Crippen MR) is 254 cm³/mol.